The smallest absolute Gasteiger partial charge is 0.305 e. The summed E-state index contributed by atoms with van der Waals surface area (Å²) in [6.07, 6.45) is -3.46. The lowest BCUT2D eigenvalue weighted by Crippen LogP contribution is -2.79. The maximum Gasteiger partial charge on any atom is 0.305 e. The summed E-state index contributed by atoms with van der Waals surface area (Å²) in [7, 11) is 2.80. The minimum absolute atomic E-state index is 0.0214. The number of hydrogen-bond acceptors (Lipinski definition) is 9. The van der Waals surface area contributed by atoms with Gasteiger partial charge in [-0.2, -0.15) is 0 Å². The van der Waals surface area contributed by atoms with Crippen LogP contribution in [0.15, 0.2) is 30.3 Å². The molecule has 0 aromatic heterocycles. The Kier molecular flexibility index (Phi) is 6.87. The number of aliphatic hydroxyl groups excluding tert-OH is 1. The summed E-state index contributed by atoms with van der Waals surface area (Å²) < 4.78 is 35.4. The van der Waals surface area contributed by atoms with E-state index in [1.807, 2.05) is 58.0 Å². The number of β-lactam (4-membered cyclic amide) rings is 1. The van der Waals surface area contributed by atoms with Gasteiger partial charge in [0.2, 0.25) is 0 Å². The highest BCUT2D eigenvalue weighted by Crippen LogP contribution is 2.51. The van der Waals surface area contributed by atoms with Crippen molar-refractivity contribution in [2.24, 2.45) is 5.92 Å². The molecule has 4 aliphatic rings. The molecular formula is C27H37NO9. The lowest BCUT2D eigenvalue weighted by atomic mass is 9.64. The van der Waals surface area contributed by atoms with Crippen molar-refractivity contribution in [3.8, 4) is 0 Å². The van der Waals surface area contributed by atoms with Crippen LogP contribution in [0.25, 0.3) is 0 Å². The van der Waals surface area contributed by atoms with E-state index < -0.39 is 72.0 Å². The van der Waals surface area contributed by atoms with Crippen LogP contribution in [0.2, 0.25) is 0 Å². The summed E-state index contributed by atoms with van der Waals surface area (Å²) in [5.74, 6) is -3.46. The molecule has 0 spiro atoms. The molecule has 4 aliphatic heterocycles. The second-order valence-electron chi connectivity index (χ2n) is 11.2. The molecule has 1 aromatic rings. The Labute approximate surface area is 217 Å². The van der Waals surface area contributed by atoms with E-state index in [9.17, 15) is 14.7 Å². The van der Waals surface area contributed by atoms with Crippen molar-refractivity contribution in [3.63, 3.8) is 0 Å². The molecule has 1 amide bonds. The molecule has 4 fully saturated rings. The van der Waals surface area contributed by atoms with E-state index in [4.69, 9.17) is 28.4 Å². The van der Waals surface area contributed by atoms with E-state index in [0.717, 1.165) is 5.56 Å². The average Bonchev–Trinajstić information content (AvgIpc) is 3.37. The van der Waals surface area contributed by atoms with Crippen LogP contribution in [-0.4, -0.2) is 96.9 Å². The van der Waals surface area contributed by atoms with Crippen LogP contribution >= 0.6 is 0 Å². The second kappa shape index (κ2) is 9.59. The zero-order valence-corrected chi connectivity index (χ0v) is 22.2. The minimum atomic E-state index is -0.969. The van der Waals surface area contributed by atoms with E-state index >= 15 is 0 Å². The van der Waals surface area contributed by atoms with E-state index in [1.54, 1.807) is 4.90 Å². The number of esters is 1. The molecular weight excluding hydrogens is 482 g/mol. The highest BCUT2D eigenvalue weighted by atomic mass is 16.8. The molecule has 1 aromatic carbocycles. The summed E-state index contributed by atoms with van der Waals surface area (Å²) in [6.45, 7) is 7.60. The number of aliphatic hydroxyl groups is 1. The number of carbonyl (C=O) groups is 2. The Bertz CT molecular complexity index is 1010. The quantitative estimate of drug-likeness (QED) is 0.442. The molecule has 4 heterocycles. The topological polar surface area (TPSA) is 113 Å². The first-order valence-electron chi connectivity index (χ1n) is 12.8. The monoisotopic (exact) mass is 519 g/mol. The predicted molar refractivity (Wildman–Crippen MR) is 129 cm³/mol. The number of amides is 1. The lowest BCUT2D eigenvalue weighted by molar-refractivity contribution is -0.222. The zero-order chi connectivity index (χ0) is 26.7. The number of carbonyl (C=O) groups excluding carboxylic acids is 2. The van der Waals surface area contributed by atoms with Crippen LogP contribution < -0.4 is 0 Å². The number of rotatable bonds is 6. The van der Waals surface area contributed by atoms with Crippen LogP contribution in [0.5, 0.6) is 0 Å². The van der Waals surface area contributed by atoms with Gasteiger partial charge >= 0.3 is 5.97 Å². The molecule has 0 aliphatic carbocycles. The maximum atomic E-state index is 13.4. The summed E-state index contributed by atoms with van der Waals surface area (Å²) in [4.78, 5) is 27.8. The van der Waals surface area contributed by atoms with Crippen molar-refractivity contribution >= 4 is 11.9 Å². The highest BCUT2D eigenvalue weighted by Gasteiger charge is 2.67. The molecule has 10 nitrogen and oxygen atoms in total. The summed E-state index contributed by atoms with van der Waals surface area (Å²) in [5.41, 5.74) is 0.860. The van der Waals surface area contributed by atoms with Gasteiger partial charge in [0, 0.05) is 18.9 Å². The molecule has 9 atom stereocenters. The molecule has 0 saturated carbocycles. The number of fused-ring (bicyclic) bond motifs is 1. The Hall–Kier alpha value is -2.08. The van der Waals surface area contributed by atoms with Crippen molar-refractivity contribution in [3.05, 3.63) is 35.9 Å². The van der Waals surface area contributed by atoms with Gasteiger partial charge in [0.15, 0.2) is 17.7 Å². The Morgan fingerprint density at radius 1 is 1.03 bits per heavy atom. The Balaban J connectivity index is 1.60. The number of methoxy groups -OCH3 is 2. The zero-order valence-electron chi connectivity index (χ0n) is 22.2. The van der Waals surface area contributed by atoms with Gasteiger partial charge in [-0.05, 0) is 33.3 Å². The maximum absolute atomic E-state index is 13.4. The van der Waals surface area contributed by atoms with Gasteiger partial charge in [0.05, 0.1) is 38.3 Å². The lowest BCUT2D eigenvalue weighted by Gasteiger charge is -2.61. The molecule has 0 unspecified atom stereocenters. The molecule has 10 heteroatoms. The largest absolute Gasteiger partial charge is 0.469 e. The van der Waals surface area contributed by atoms with Gasteiger partial charge in [0.25, 0.3) is 5.91 Å². The van der Waals surface area contributed by atoms with E-state index in [1.165, 1.54) is 14.2 Å². The highest BCUT2D eigenvalue weighted by molar-refractivity contribution is 5.89. The summed E-state index contributed by atoms with van der Waals surface area (Å²) in [5, 5.41) is 11.7. The van der Waals surface area contributed by atoms with Gasteiger partial charge in [-0.25, -0.2) is 0 Å². The third-order valence-corrected chi connectivity index (χ3v) is 8.03. The number of ether oxygens (including phenoxy) is 6. The average molecular weight is 520 g/mol. The summed E-state index contributed by atoms with van der Waals surface area (Å²) in [6, 6.07) is 8.32. The molecule has 204 valence electrons. The van der Waals surface area contributed by atoms with Crippen LogP contribution in [0, 0.1) is 5.92 Å². The van der Waals surface area contributed by atoms with Crippen LogP contribution in [0.1, 0.15) is 45.6 Å². The fourth-order valence-electron chi connectivity index (χ4n) is 6.61. The molecule has 4 saturated heterocycles. The molecule has 0 bridgehead atoms. The van der Waals surface area contributed by atoms with Crippen LogP contribution in [-0.2, 0) is 38.0 Å². The van der Waals surface area contributed by atoms with Gasteiger partial charge in [-0.3, -0.25) is 9.59 Å². The van der Waals surface area contributed by atoms with Gasteiger partial charge in [-0.1, -0.05) is 30.3 Å². The molecule has 0 radical (unpaired) electrons. The second-order valence-corrected chi connectivity index (χ2v) is 11.2. The number of hydrogen-bond donors (Lipinski definition) is 1. The Morgan fingerprint density at radius 3 is 2.30 bits per heavy atom. The first kappa shape index (κ1) is 26.5. The molecule has 37 heavy (non-hydrogen) atoms. The fraction of sp³-hybridized carbons (Fsp3) is 0.704. The van der Waals surface area contributed by atoms with Crippen molar-refractivity contribution in [1.29, 1.82) is 0 Å². The SMILES string of the molecule is COC(=O)C[C@H]1[C@@H](c2ccccc2)[C@H](O)[C@H]2[C@@H](OC)C(=O)N2[C@@H]1[C@H]1OC(C)(C)O[C@H]1[C@H]1COC(C)(C)O1. The first-order chi connectivity index (χ1) is 17.5. The van der Waals surface area contributed by atoms with Gasteiger partial charge in [-0.15, -0.1) is 0 Å². The number of benzene rings is 1. The standard InChI is InChI=1S/C27H37NO9/c1-26(2)34-13-16(35-26)22-23(37-27(3,4)36-22)19-15(12-17(29)32-5)18(14-10-8-7-9-11-14)21(30)20-24(33-6)25(31)28(19)20/h7-11,15-16,18-24,30H,12-13H2,1-6H3/t15-,16+,18+,19-,20-,21-,22-,23+,24+/m0/s1. The van der Waals surface area contributed by atoms with Crippen molar-refractivity contribution in [2.75, 3.05) is 20.8 Å². The normalized spacial score (nSPS) is 40.2. The fourth-order valence-corrected chi connectivity index (χ4v) is 6.61. The van der Waals surface area contributed by atoms with Gasteiger partial charge in [0.1, 0.15) is 18.3 Å². The van der Waals surface area contributed by atoms with Crippen LogP contribution in [0.4, 0.5) is 0 Å². The third-order valence-electron chi connectivity index (χ3n) is 8.03. The van der Waals surface area contributed by atoms with Crippen molar-refractivity contribution in [1.82, 2.24) is 4.90 Å². The Morgan fingerprint density at radius 2 is 1.70 bits per heavy atom. The van der Waals surface area contributed by atoms with E-state index in [2.05, 4.69) is 0 Å². The van der Waals surface area contributed by atoms with Crippen molar-refractivity contribution in [2.45, 2.75) is 94.2 Å². The van der Waals surface area contributed by atoms with Crippen molar-refractivity contribution < 1.29 is 43.1 Å². The number of nitrogens with zero attached hydrogens (tertiary/aromatic N) is 1. The van der Waals surface area contributed by atoms with Crippen LogP contribution in [0.3, 0.4) is 0 Å². The minimum Gasteiger partial charge on any atom is -0.469 e. The van der Waals surface area contributed by atoms with E-state index in [-0.39, 0.29) is 12.3 Å². The third kappa shape index (κ3) is 4.57. The first-order valence-corrected chi connectivity index (χ1v) is 12.8. The molecule has 5 rings (SSSR count). The van der Waals surface area contributed by atoms with Gasteiger partial charge < -0.3 is 38.4 Å². The molecule has 1 N–H and O–H groups in total. The predicted octanol–water partition coefficient (Wildman–Crippen LogP) is 1.59. The van der Waals surface area contributed by atoms with E-state index in [0.29, 0.717) is 6.61 Å². The number of piperidine rings is 1. The summed E-state index contributed by atoms with van der Waals surface area (Å²) >= 11 is 0.